The third-order valence-electron chi connectivity index (χ3n) is 4.22. The highest BCUT2D eigenvalue weighted by molar-refractivity contribution is 5.93. The monoisotopic (exact) mass is 274 g/mol. The van der Waals surface area contributed by atoms with Crippen LogP contribution in [0.4, 0.5) is 10.5 Å². The van der Waals surface area contributed by atoms with Gasteiger partial charge in [0.1, 0.15) is 5.75 Å². The van der Waals surface area contributed by atoms with Crippen molar-refractivity contribution in [1.82, 2.24) is 4.90 Å². The number of nitrogens with zero attached hydrogens (tertiary/aromatic N) is 2. The molecular weight excluding hydrogens is 252 g/mol. The smallest absolute Gasteiger partial charge is 0.324 e. The van der Waals surface area contributed by atoms with E-state index in [4.69, 9.17) is 4.74 Å². The minimum Gasteiger partial charge on any atom is -0.491 e. The molecule has 0 bridgehead atoms. The molecule has 2 heterocycles. The SMILES string of the molecule is CC1CCN(C(=O)N2CCCOc3ccccc32)CC1. The van der Waals surface area contributed by atoms with Crippen LogP contribution in [0.3, 0.4) is 0 Å². The lowest BCUT2D eigenvalue weighted by molar-refractivity contribution is 0.180. The van der Waals surface area contributed by atoms with E-state index < -0.39 is 0 Å². The molecule has 2 amide bonds. The van der Waals surface area contributed by atoms with Crippen molar-refractivity contribution in [2.75, 3.05) is 31.1 Å². The Morgan fingerprint density at radius 1 is 1.20 bits per heavy atom. The maximum absolute atomic E-state index is 12.8. The second-order valence-corrected chi connectivity index (χ2v) is 5.77. The normalized spacial score (nSPS) is 20.1. The quantitative estimate of drug-likeness (QED) is 0.728. The van der Waals surface area contributed by atoms with E-state index in [-0.39, 0.29) is 6.03 Å². The van der Waals surface area contributed by atoms with Crippen LogP contribution in [-0.2, 0) is 0 Å². The molecule has 0 unspecified atom stereocenters. The number of ether oxygens (including phenoxy) is 1. The molecular formula is C16H22N2O2. The van der Waals surface area contributed by atoms with Crippen molar-refractivity contribution in [2.24, 2.45) is 5.92 Å². The van der Waals surface area contributed by atoms with E-state index >= 15 is 0 Å². The highest BCUT2D eigenvalue weighted by atomic mass is 16.5. The zero-order chi connectivity index (χ0) is 13.9. The standard InChI is InChI=1S/C16H22N2O2/c1-13-7-10-17(11-8-13)16(19)18-9-4-12-20-15-6-3-2-5-14(15)18/h2-3,5-6,13H,4,7-12H2,1H3. The molecule has 1 saturated heterocycles. The number of fused-ring (bicyclic) bond motifs is 1. The van der Waals surface area contributed by atoms with Gasteiger partial charge in [-0.15, -0.1) is 0 Å². The fraction of sp³-hybridized carbons (Fsp3) is 0.562. The van der Waals surface area contributed by atoms with Crippen LogP contribution >= 0.6 is 0 Å². The largest absolute Gasteiger partial charge is 0.491 e. The van der Waals surface area contributed by atoms with Crippen molar-refractivity contribution in [3.8, 4) is 5.75 Å². The number of urea groups is 1. The van der Waals surface area contributed by atoms with Gasteiger partial charge in [-0.2, -0.15) is 0 Å². The number of carbonyl (C=O) groups is 1. The highest BCUT2D eigenvalue weighted by Gasteiger charge is 2.28. The Labute approximate surface area is 120 Å². The third-order valence-corrected chi connectivity index (χ3v) is 4.22. The van der Waals surface area contributed by atoms with E-state index in [2.05, 4.69) is 6.92 Å². The number of anilines is 1. The van der Waals surface area contributed by atoms with Crippen LogP contribution in [0.2, 0.25) is 0 Å². The Morgan fingerprint density at radius 3 is 2.75 bits per heavy atom. The summed E-state index contributed by atoms with van der Waals surface area (Å²) >= 11 is 0. The molecule has 108 valence electrons. The first kappa shape index (κ1) is 13.3. The van der Waals surface area contributed by atoms with Gasteiger partial charge >= 0.3 is 6.03 Å². The van der Waals surface area contributed by atoms with E-state index in [0.717, 1.165) is 56.3 Å². The van der Waals surface area contributed by atoms with E-state index in [1.54, 1.807) is 0 Å². The first-order valence-corrected chi connectivity index (χ1v) is 7.54. The molecule has 2 aliphatic rings. The molecule has 1 aromatic rings. The van der Waals surface area contributed by atoms with Gasteiger partial charge in [0.15, 0.2) is 0 Å². The van der Waals surface area contributed by atoms with Crippen molar-refractivity contribution in [2.45, 2.75) is 26.2 Å². The molecule has 3 rings (SSSR count). The second kappa shape index (κ2) is 5.73. The predicted molar refractivity (Wildman–Crippen MR) is 79.3 cm³/mol. The molecule has 20 heavy (non-hydrogen) atoms. The minimum absolute atomic E-state index is 0.134. The van der Waals surface area contributed by atoms with Gasteiger partial charge in [-0.1, -0.05) is 19.1 Å². The first-order chi connectivity index (χ1) is 9.75. The highest BCUT2D eigenvalue weighted by Crippen LogP contribution is 2.31. The molecule has 0 N–H and O–H groups in total. The van der Waals surface area contributed by atoms with Crippen molar-refractivity contribution >= 4 is 11.7 Å². The number of amides is 2. The van der Waals surface area contributed by atoms with Crippen molar-refractivity contribution in [1.29, 1.82) is 0 Å². The van der Waals surface area contributed by atoms with Crippen LogP contribution in [0.5, 0.6) is 5.75 Å². The second-order valence-electron chi connectivity index (χ2n) is 5.77. The molecule has 0 saturated carbocycles. The van der Waals surface area contributed by atoms with Crippen LogP contribution in [0, 0.1) is 5.92 Å². The number of piperidine rings is 1. The van der Waals surface area contributed by atoms with Crippen LogP contribution in [0.1, 0.15) is 26.2 Å². The lowest BCUT2D eigenvalue weighted by Crippen LogP contribution is -2.46. The zero-order valence-electron chi connectivity index (χ0n) is 12.0. The Morgan fingerprint density at radius 2 is 1.95 bits per heavy atom. The van der Waals surface area contributed by atoms with E-state index in [9.17, 15) is 4.79 Å². The molecule has 0 spiro atoms. The molecule has 0 aliphatic carbocycles. The Kier molecular flexibility index (Phi) is 3.81. The van der Waals surface area contributed by atoms with Gasteiger partial charge in [0.05, 0.1) is 12.3 Å². The number of hydrogen-bond acceptors (Lipinski definition) is 2. The number of carbonyl (C=O) groups excluding carboxylic acids is 1. The summed E-state index contributed by atoms with van der Waals surface area (Å²) in [5.41, 5.74) is 0.911. The summed E-state index contributed by atoms with van der Waals surface area (Å²) in [4.78, 5) is 16.6. The summed E-state index contributed by atoms with van der Waals surface area (Å²) in [5.74, 6) is 1.56. The zero-order valence-corrected chi connectivity index (χ0v) is 12.0. The Hall–Kier alpha value is -1.71. The lowest BCUT2D eigenvalue weighted by Gasteiger charge is -2.34. The fourth-order valence-electron chi connectivity index (χ4n) is 2.90. The fourth-order valence-corrected chi connectivity index (χ4v) is 2.90. The molecule has 0 radical (unpaired) electrons. The van der Waals surface area contributed by atoms with Crippen molar-refractivity contribution in [3.05, 3.63) is 24.3 Å². The molecule has 1 aromatic carbocycles. The summed E-state index contributed by atoms with van der Waals surface area (Å²) < 4.78 is 5.72. The van der Waals surface area contributed by atoms with Crippen molar-refractivity contribution < 1.29 is 9.53 Å². The third kappa shape index (κ3) is 2.60. The van der Waals surface area contributed by atoms with E-state index in [1.165, 1.54) is 0 Å². The minimum atomic E-state index is 0.134. The molecule has 0 atom stereocenters. The molecule has 4 heteroatoms. The van der Waals surface area contributed by atoms with Gasteiger partial charge in [0.25, 0.3) is 0 Å². The van der Waals surface area contributed by atoms with Crippen LogP contribution in [-0.4, -0.2) is 37.2 Å². The van der Waals surface area contributed by atoms with E-state index in [1.807, 2.05) is 34.1 Å². The number of rotatable bonds is 0. The molecule has 1 fully saturated rings. The van der Waals surface area contributed by atoms with Crippen molar-refractivity contribution in [3.63, 3.8) is 0 Å². The van der Waals surface area contributed by atoms with Gasteiger partial charge in [-0.3, -0.25) is 4.90 Å². The van der Waals surface area contributed by atoms with Gasteiger partial charge in [0.2, 0.25) is 0 Å². The summed E-state index contributed by atoms with van der Waals surface area (Å²) in [6, 6.07) is 7.97. The van der Waals surface area contributed by atoms with Gasteiger partial charge in [-0.05, 0) is 37.3 Å². The Balaban J connectivity index is 1.80. The topological polar surface area (TPSA) is 32.8 Å². The molecule has 0 aromatic heterocycles. The average molecular weight is 274 g/mol. The number of benzene rings is 1. The average Bonchev–Trinajstić information content (AvgIpc) is 2.69. The van der Waals surface area contributed by atoms with Crippen LogP contribution in [0.25, 0.3) is 0 Å². The van der Waals surface area contributed by atoms with Crippen LogP contribution < -0.4 is 9.64 Å². The number of hydrogen-bond donors (Lipinski definition) is 0. The number of para-hydroxylation sites is 2. The summed E-state index contributed by atoms with van der Waals surface area (Å²) in [6.07, 6.45) is 3.10. The first-order valence-electron chi connectivity index (χ1n) is 7.54. The van der Waals surface area contributed by atoms with Crippen LogP contribution in [0.15, 0.2) is 24.3 Å². The predicted octanol–water partition coefficient (Wildman–Crippen LogP) is 3.13. The maximum Gasteiger partial charge on any atom is 0.324 e. The van der Waals surface area contributed by atoms with Gasteiger partial charge in [0, 0.05) is 19.6 Å². The lowest BCUT2D eigenvalue weighted by atomic mass is 9.99. The molecule has 4 nitrogen and oxygen atoms in total. The van der Waals surface area contributed by atoms with E-state index in [0.29, 0.717) is 6.61 Å². The summed E-state index contributed by atoms with van der Waals surface area (Å²) in [6.45, 7) is 5.43. The summed E-state index contributed by atoms with van der Waals surface area (Å²) in [7, 11) is 0. The maximum atomic E-state index is 12.8. The Bertz CT molecular complexity index is 481. The van der Waals surface area contributed by atoms with Gasteiger partial charge < -0.3 is 9.64 Å². The molecule has 2 aliphatic heterocycles. The number of likely N-dealkylation sites (tertiary alicyclic amines) is 1. The van der Waals surface area contributed by atoms with Gasteiger partial charge in [-0.25, -0.2) is 4.79 Å². The summed E-state index contributed by atoms with van der Waals surface area (Å²) in [5, 5.41) is 0.